The maximum absolute atomic E-state index is 16.9. The highest BCUT2D eigenvalue weighted by atomic mass is 31.2. The predicted molar refractivity (Wildman–Crippen MR) is 424 cm³/mol. The summed E-state index contributed by atoms with van der Waals surface area (Å²) >= 11 is 0. The summed E-state index contributed by atoms with van der Waals surface area (Å²) in [5.74, 6) is 2.89. The Bertz CT molecular complexity index is 6540. The van der Waals surface area contributed by atoms with Crippen molar-refractivity contribution in [3.05, 3.63) is 352 Å². The van der Waals surface area contributed by atoms with Crippen LogP contribution in [-0.2, 0) is 9.13 Å². The van der Waals surface area contributed by atoms with Gasteiger partial charge in [-0.2, -0.15) is 19.9 Å². The van der Waals surface area contributed by atoms with Gasteiger partial charge >= 0.3 is 0 Å². The Morgan fingerprint density at radius 2 is 0.644 bits per heavy atom. The molecule has 0 radical (unpaired) electrons. The van der Waals surface area contributed by atoms with Gasteiger partial charge in [-0.1, -0.05) is 261 Å². The van der Waals surface area contributed by atoms with E-state index in [1.807, 2.05) is 212 Å². The van der Waals surface area contributed by atoms with Gasteiger partial charge in [-0.3, -0.25) is 27.6 Å². The lowest BCUT2D eigenvalue weighted by atomic mass is 9.99. The zero-order chi connectivity index (χ0) is 69.0. The highest BCUT2D eigenvalue weighted by molar-refractivity contribution is 7.81. The highest BCUT2D eigenvalue weighted by Gasteiger charge is 2.46. The zero-order valence-electron chi connectivity index (χ0n) is 55.7. The van der Waals surface area contributed by atoms with E-state index in [4.69, 9.17) is 29.9 Å². The van der Waals surface area contributed by atoms with E-state index < -0.39 is 14.6 Å². The van der Waals surface area contributed by atoms with Crippen molar-refractivity contribution >= 4 is 102 Å². The molecule has 0 amide bonds. The fourth-order valence-electron chi connectivity index (χ4n) is 15.5. The summed E-state index contributed by atoms with van der Waals surface area (Å²) in [5.41, 5.74) is 15.8. The van der Waals surface area contributed by atoms with Crippen LogP contribution in [0.15, 0.2) is 352 Å². The number of hydrogen-bond acceptors (Lipinski definition) is 8. The molecule has 0 aliphatic carbocycles. The van der Waals surface area contributed by atoms with Crippen LogP contribution in [0.5, 0.6) is 0 Å². The number of fused-ring (bicyclic) bond motifs is 13. The van der Waals surface area contributed by atoms with Crippen molar-refractivity contribution in [3.8, 4) is 90.8 Å². The molecule has 2 unspecified atom stereocenters. The molecule has 0 saturated carbocycles. The third-order valence-corrected chi connectivity index (χ3v) is 26.3. The molecule has 2 atom stereocenters. The molecule has 490 valence electrons. The summed E-state index contributed by atoms with van der Waals surface area (Å²) in [5, 5.41) is 6.96. The molecule has 104 heavy (non-hydrogen) atoms. The van der Waals surface area contributed by atoms with E-state index in [2.05, 4.69) is 158 Å². The van der Waals surface area contributed by atoms with Crippen molar-refractivity contribution in [2.45, 2.75) is 0 Å². The number of rotatable bonds is 11. The quantitative estimate of drug-likeness (QED) is 0.115. The summed E-state index contributed by atoms with van der Waals surface area (Å²) in [7, 11) is -7.22. The van der Waals surface area contributed by atoms with Gasteiger partial charge in [0.05, 0.1) is 33.4 Å². The van der Waals surface area contributed by atoms with Crippen molar-refractivity contribution < 1.29 is 9.13 Å². The van der Waals surface area contributed by atoms with Gasteiger partial charge in [-0.05, 0) is 113 Å². The third-order valence-electron chi connectivity index (χ3n) is 20.2. The molecule has 0 saturated heterocycles. The molecular weight excluding hydrogens is 1320 g/mol. The van der Waals surface area contributed by atoms with Crippen LogP contribution in [0, 0.1) is 0 Å². The van der Waals surface area contributed by atoms with E-state index in [-0.39, 0.29) is 0 Å². The largest absolute Gasteiger partial charge is 0.289 e. The lowest BCUT2D eigenvalue weighted by Gasteiger charge is -2.40. The second-order valence-corrected chi connectivity index (χ2v) is 31.2. The number of benzene rings is 14. The SMILES string of the molecule is O=P1(c2ccccc2)c2cc3c(cc2-c2ccccc2N1c1ccccc1)c1ccccc1n3-c1nc(-c2ccccc2)nc(-c2ccc(-c3ccc(-c4nc(-c5ccccc5)nc(-n5c6ccccc6c6ccc7c(c65)-c5ccccc5P(=O)(c5ccccc5)N7c5ccccc5)n4)cc3)cc2)n1. The molecule has 0 N–H and O–H groups in total. The van der Waals surface area contributed by atoms with Gasteiger partial charge in [0.25, 0.3) is 0 Å². The Morgan fingerprint density at radius 3 is 1.18 bits per heavy atom. The Balaban J connectivity index is 0.705. The minimum Gasteiger partial charge on any atom is -0.289 e. The zero-order valence-corrected chi connectivity index (χ0v) is 57.5. The summed E-state index contributed by atoms with van der Waals surface area (Å²) in [6.45, 7) is 0. The summed E-state index contributed by atoms with van der Waals surface area (Å²) in [6.07, 6.45) is 0. The van der Waals surface area contributed by atoms with E-state index in [1.54, 1.807) is 0 Å². The van der Waals surface area contributed by atoms with E-state index in [1.165, 1.54) is 0 Å². The van der Waals surface area contributed by atoms with Gasteiger partial charge in [0.2, 0.25) is 26.5 Å². The van der Waals surface area contributed by atoms with Gasteiger partial charge in [-0.15, -0.1) is 0 Å². The minimum absolute atomic E-state index is 0.426. The van der Waals surface area contributed by atoms with Crippen LogP contribution >= 0.6 is 14.6 Å². The second-order valence-electron chi connectivity index (χ2n) is 26.1. The molecule has 0 fully saturated rings. The highest BCUT2D eigenvalue weighted by Crippen LogP contribution is 2.64. The number of anilines is 4. The van der Waals surface area contributed by atoms with Crippen LogP contribution in [-0.4, -0.2) is 39.0 Å². The average Bonchev–Trinajstić information content (AvgIpc) is 1.17. The molecule has 18 aromatic rings. The van der Waals surface area contributed by atoms with Crippen molar-refractivity contribution in [1.82, 2.24) is 39.0 Å². The molecule has 0 spiro atoms. The van der Waals surface area contributed by atoms with E-state index in [0.717, 1.165) is 143 Å². The molecule has 4 aromatic heterocycles. The van der Waals surface area contributed by atoms with Crippen LogP contribution in [0.25, 0.3) is 134 Å². The van der Waals surface area contributed by atoms with E-state index >= 15 is 9.13 Å². The molecule has 2 aliphatic rings. The van der Waals surface area contributed by atoms with Crippen LogP contribution < -0.4 is 30.6 Å². The number of para-hydroxylation sites is 5. The summed E-state index contributed by atoms with van der Waals surface area (Å²) in [6, 6.07) is 118. The maximum atomic E-state index is 16.9. The van der Waals surface area contributed by atoms with Crippen molar-refractivity contribution in [2.24, 2.45) is 0 Å². The lowest BCUT2D eigenvalue weighted by molar-refractivity contribution is 0.586. The number of aromatic nitrogens is 8. The summed E-state index contributed by atoms with van der Waals surface area (Å²) < 4.78 is 41.9. The van der Waals surface area contributed by atoms with Gasteiger partial charge in [0, 0.05) is 87.5 Å². The first-order chi connectivity index (χ1) is 51.3. The average molecular weight is 1370 g/mol. The van der Waals surface area contributed by atoms with Gasteiger partial charge < -0.3 is 0 Å². The first-order valence-corrected chi connectivity index (χ1v) is 37.9. The first kappa shape index (κ1) is 60.7. The molecule has 2 aliphatic heterocycles. The van der Waals surface area contributed by atoms with Crippen LogP contribution in [0.1, 0.15) is 0 Å². The second kappa shape index (κ2) is 24.3. The number of hydrogen-bond donors (Lipinski definition) is 0. The lowest BCUT2D eigenvalue weighted by Crippen LogP contribution is -2.33. The van der Waals surface area contributed by atoms with Crippen LogP contribution in [0.4, 0.5) is 22.7 Å². The molecular formula is C90H58N10O2P2. The molecule has 14 heteroatoms. The molecule has 20 rings (SSSR count). The van der Waals surface area contributed by atoms with E-state index in [0.29, 0.717) is 35.2 Å². The standard InChI is InChI=1S/C90H58N10O2P2/c101-103(67-35-15-5-16-36-67)81-46-26-22-42-73(81)83-79(100(103)66-33-13-4-14-34-66)56-55-72-69-39-19-24-44-77(69)98(84(72)83)90-95-86(62-29-9-2-10-30-62)92-88(96-90)64-53-49-60(50-54-64)59-47-51-63(52-48-59)87-91-85(61-27-7-1-8-28-61)93-89(94-87)97-76-43-23-20-40-70(76)74-57-75-71-41-21-25-45-78(71)99(65-31-11-3-12-32-65)104(102,82(75)58-80(74)97)68-37-17-6-18-38-68/h1-58H. The van der Waals surface area contributed by atoms with Crippen molar-refractivity contribution in [3.63, 3.8) is 0 Å². The molecule has 6 heterocycles. The minimum atomic E-state index is -3.67. The topological polar surface area (TPSA) is 128 Å². The Morgan fingerprint density at radius 1 is 0.250 bits per heavy atom. The maximum Gasteiger partial charge on any atom is 0.238 e. The Hall–Kier alpha value is -13.2. The van der Waals surface area contributed by atoms with Crippen LogP contribution in [0.3, 0.4) is 0 Å². The number of nitrogens with zero attached hydrogens (tertiary/aromatic N) is 10. The van der Waals surface area contributed by atoms with Gasteiger partial charge in [0.15, 0.2) is 23.3 Å². The smallest absolute Gasteiger partial charge is 0.238 e. The predicted octanol–water partition coefficient (Wildman–Crippen LogP) is 20.7. The fraction of sp³-hybridized carbons (Fsp3) is 0. The van der Waals surface area contributed by atoms with Gasteiger partial charge in [-0.25, -0.2) is 9.97 Å². The molecule has 0 bridgehead atoms. The molecule has 12 nitrogen and oxygen atoms in total. The summed E-state index contributed by atoms with van der Waals surface area (Å²) in [4.78, 5) is 32.1. The fourth-order valence-corrected chi connectivity index (χ4v) is 21.6. The van der Waals surface area contributed by atoms with Crippen molar-refractivity contribution in [2.75, 3.05) is 9.34 Å². The molecule has 14 aromatic carbocycles. The van der Waals surface area contributed by atoms with E-state index in [9.17, 15) is 0 Å². The van der Waals surface area contributed by atoms with Crippen LogP contribution in [0.2, 0.25) is 0 Å². The normalized spacial score (nSPS) is 15.2. The third kappa shape index (κ3) is 9.53. The first-order valence-electron chi connectivity index (χ1n) is 34.6. The van der Waals surface area contributed by atoms with Crippen molar-refractivity contribution in [1.29, 1.82) is 0 Å². The Kier molecular flexibility index (Phi) is 14.2. The monoisotopic (exact) mass is 1370 g/mol. The van der Waals surface area contributed by atoms with Gasteiger partial charge in [0.1, 0.15) is 0 Å². The Labute approximate surface area is 598 Å².